The number of hydrogen-bond donors (Lipinski definition) is 0. The molecule has 4 nitrogen and oxygen atoms in total. The molecule has 0 atom stereocenters. The fourth-order valence-electron chi connectivity index (χ4n) is 0.543. The van der Waals surface area contributed by atoms with Gasteiger partial charge < -0.3 is 0 Å². The van der Waals surface area contributed by atoms with Crippen molar-refractivity contribution >= 4 is 0 Å². The van der Waals surface area contributed by atoms with Crippen molar-refractivity contribution in [3.05, 3.63) is 22.1 Å². The van der Waals surface area contributed by atoms with Gasteiger partial charge in [-0.15, -0.1) is 0 Å². The van der Waals surface area contributed by atoms with Gasteiger partial charge in [-0.1, -0.05) is 0 Å². The van der Waals surface area contributed by atoms with Crippen molar-refractivity contribution < 1.29 is 9.52 Å². The van der Waals surface area contributed by atoms with Gasteiger partial charge in [0.1, 0.15) is 0 Å². The van der Waals surface area contributed by atoms with E-state index in [2.05, 4.69) is 0 Å². The summed E-state index contributed by atoms with van der Waals surface area (Å²) in [6, 6.07) is 0. The number of rotatable bonds is 0. The van der Waals surface area contributed by atoms with Crippen LogP contribution >= 0.6 is 0 Å². The average Bonchev–Trinajstić information content (AvgIpc) is 1.64. The minimum absolute atomic E-state index is 0.0590. The van der Waals surface area contributed by atoms with Crippen LogP contribution in [0.4, 0.5) is 0 Å². The molecule has 1 aliphatic rings. The lowest BCUT2D eigenvalue weighted by Gasteiger charge is -1.84. The summed E-state index contributed by atoms with van der Waals surface area (Å²) in [5.74, 6) is 0. The van der Waals surface area contributed by atoms with Crippen LogP contribution in [0.1, 0.15) is 0 Å². The number of nitrogens with zero attached hydrogens (tertiary/aromatic N) is 2. The molecule has 0 bridgehead atoms. The van der Waals surface area contributed by atoms with E-state index in [0.717, 1.165) is 0 Å². The standard InChI is InChI=1S/C4H6N2O2/c7-5-2-1-3-6(8)4-5/h1-2H,3-4H2/q+2. The molecule has 0 N–H and O–H groups in total. The highest BCUT2D eigenvalue weighted by molar-refractivity contribution is 4.71. The normalized spacial score (nSPS) is 19.5. The van der Waals surface area contributed by atoms with Crippen LogP contribution in [0.2, 0.25) is 0 Å². The number of nitroso groups, excluding NO2 is 2. The fourth-order valence-corrected chi connectivity index (χ4v) is 0.543. The van der Waals surface area contributed by atoms with Crippen LogP contribution in [0, 0.1) is 9.81 Å². The van der Waals surface area contributed by atoms with E-state index in [4.69, 9.17) is 0 Å². The summed E-state index contributed by atoms with van der Waals surface area (Å²) in [4.78, 5) is 20.6. The van der Waals surface area contributed by atoms with E-state index >= 15 is 0 Å². The first-order valence-electron chi connectivity index (χ1n) is 2.31. The van der Waals surface area contributed by atoms with Crippen LogP contribution in [0.25, 0.3) is 0 Å². The monoisotopic (exact) mass is 114 g/mol. The highest BCUT2D eigenvalue weighted by atomic mass is 16.3. The Bertz CT molecular complexity index is 161. The van der Waals surface area contributed by atoms with Crippen LogP contribution in [0.15, 0.2) is 12.3 Å². The predicted molar refractivity (Wildman–Crippen MR) is 26.1 cm³/mol. The lowest BCUT2D eigenvalue weighted by Crippen LogP contribution is -2.21. The molecule has 0 spiro atoms. The summed E-state index contributed by atoms with van der Waals surface area (Å²) in [5, 5.41) is 0. The smallest absolute Gasteiger partial charge is 0.0237 e. The molecule has 0 aromatic carbocycles. The second-order valence-corrected chi connectivity index (χ2v) is 1.61. The van der Waals surface area contributed by atoms with Crippen molar-refractivity contribution in [2.24, 2.45) is 0 Å². The van der Waals surface area contributed by atoms with Crippen LogP contribution in [0.5, 0.6) is 0 Å². The van der Waals surface area contributed by atoms with Crippen molar-refractivity contribution in [1.82, 2.24) is 0 Å². The summed E-state index contributed by atoms with van der Waals surface area (Å²) in [6.45, 7) is 0.273. The Morgan fingerprint density at radius 2 is 2.12 bits per heavy atom. The van der Waals surface area contributed by atoms with Crippen molar-refractivity contribution in [2.75, 3.05) is 13.2 Å². The van der Waals surface area contributed by atoms with Crippen LogP contribution in [-0.4, -0.2) is 22.7 Å². The molecule has 0 amide bonds. The van der Waals surface area contributed by atoms with Gasteiger partial charge in [-0.3, -0.25) is 0 Å². The summed E-state index contributed by atoms with van der Waals surface area (Å²) < 4.78 is 1.28. The van der Waals surface area contributed by atoms with Gasteiger partial charge in [-0.2, -0.15) is 0 Å². The highest BCUT2D eigenvalue weighted by Gasteiger charge is 2.21. The highest BCUT2D eigenvalue weighted by Crippen LogP contribution is 1.87. The van der Waals surface area contributed by atoms with Crippen molar-refractivity contribution in [3.63, 3.8) is 0 Å². The third-order valence-corrected chi connectivity index (χ3v) is 0.878. The van der Waals surface area contributed by atoms with Crippen LogP contribution in [-0.2, 0) is 0 Å². The maximum Gasteiger partial charge on any atom is 0.429 e. The Morgan fingerprint density at radius 3 is 2.50 bits per heavy atom. The molecule has 42 valence electrons. The molecule has 1 heterocycles. The zero-order valence-corrected chi connectivity index (χ0v) is 4.28. The maximum absolute atomic E-state index is 10.3. The van der Waals surface area contributed by atoms with Gasteiger partial charge >= 0.3 is 6.67 Å². The summed E-state index contributed by atoms with van der Waals surface area (Å²) in [5.41, 5.74) is 0. The van der Waals surface area contributed by atoms with Gasteiger partial charge in [0.15, 0.2) is 0 Å². The number of hydrogen-bond acceptors (Lipinski definition) is 2. The van der Waals surface area contributed by atoms with Gasteiger partial charge in [0.05, 0.1) is 15.6 Å². The van der Waals surface area contributed by atoms with E-state index in [1.54, 1.807) is 0 Å². The first-order chi connectivity index (χ1) is 3.79. The molecule has 0 aromatic heterocycles. The van der Waals surface area contributed by atoms with E-state index in [-0.39, 0.29) is 6.67 Å². The second kappa shape index (κ2) is 1.81. The summed E-state index contributed by atoms with van der Waals surface area (Å²) in [7, 11) is 0. The molecular weight excluding hydrogens is 108 g/mol. The first kappa shape index (κ1) is 5.08. The maximum atomic E-state index is 10.3. The Labute approximate surface area is 45.9 Å². The molecule has 0 unspecified atom stereocenters. The Kier molecular flexibility index (Phi) is 1.15. The zero-order chi connectivity index (χ0) is 5.98. The molecule has 0 fully saturated rings. The van der Waals surface area contributed by atoms with Crippen molar-refractivity contribution in [3.8, 4) is 0 Å². The molecule has 1 rings (SSSR count). The minimum atomic E-state index is -0.0590. The lowest BCUT2D eigenvalue weighted by atomic mass is 10.5. The quantitative estimate of drug-likeness (QED) is 0.417. The lowest BCUT2D eigenvalue weighted by molar-refractivity contribution is -0.726. The molecule has 4 heteroatoms. The average molecular weight is 114 g/mol. The van der Waals surface area contributed by atoms with Crippen LogP contribution in [0.3, 0.4) is 0 Å². The zero-order valence-electron chi connectivity index (χ0n) is 4.28. The van der Waals surface area contributed by atoms with Gasteiger partial charge in [0, 0.05) is 9.81 Å². The van der Waals surface area contributed by atoms with Crippen molar-refractivity contribution in [2.45, 2.75) is 0 Å². The molecule has 0 aromatic rings. The topological polar surface area (TPSA) is 40.2 Å². The van der Waals surface area contributed by atoms with E-state index in [1.165, 1.54) is 12.3 Å². The molecule has 1 aliphatic heterocycles. The largest absolute Gasteiger partial charge is 0.429 e. The van der Waals surface area contributed by atoms with E-state index in [1.807, 2.05) is 0 Å². The van der Waals surface area contributed by atoms with E-state index in [9.17, 15) is 9.81 Å². The second-order valence-electron chi connectivity index (χ2n) is 1.61. The fraction of sp³-hybridized carbons (Fsp3) is 0.500. The summed E-state index contributed by atoms with van der Waals surface area (Å²) >= 11 is 0. The first-order valence-corrected chi connectivity index (χ1v) is 2.31. The molecule has 8 heavy (non-hydrogen) atoms. The van der Waals surface area contributed by atoms with Gasteiger partial charge in [-0.05, 0) is 0 Å². The molecule has 0 saturated heterocycles. The van der Waals surface area contributed by atoms with Gasteiger partial charge in [-0.25, -0.2) is 0 Å². The van der Waals surface area contributed by atoms with Gasteiger partial charge in [0.2, 0.25) is 12.7 Å². The Morgan fingerprint density at radius 1 is 1.38 bits per heavy atom. The van der Waals surface area contributed by atoms with E-state index < -0.39 is 0 Å². The molecule has 0 saturated carbocycles. The van der Waals surface area contributed by atoms with Crippen LogP contribution < -0.4 is 0 Å². The van der Waals surface area contributed by atoms with Crippen molar-refractivity contribution in [1.29, 1.82) is 0 Å². The molecule has 0 aliphatic carbocycles. The van der Waals surface area contributed by atoms with E-state index in [0.29, 0.717) is 16.1 Å². The third kappa shape index (κ3) is 0.959. The SMILES string of the molecule is O=[N+]1C=CC[N+](=O)C1. The van der Waals surface area contributed by atoms with Gasteiger partial charge in [0.25, 0.3) is 0 Å². The molecule has 0 radical (unpaired) electrons. The predicted octanol–water partition coefficient (Wildman–Crippen LogP) is 0.0290. The Hall–Kier alpha value is -1.06. The third-order valence-electron chi connectivity index (χ3n) is 0.878. The molecular formula is C4H6N2O2+2. The minimum Gasteiger partial charge on any atom is 0.0237 e. The summed E-state index contributed by atoms with van der Waals surface area (Å²) in [6.07, 6.45) is 2.89. The Balaban J connectivity index is 2.68.